The molecule has 0 fully saturated rings. The van der Waals surface area contributed by atoms with Crippen molar-refractivity contribution in [1.82, 2.24) is 15.3 Å². The van der Waals surface area contributed by atoms with Crippen LogP contribution in [0, 0.1) is 5.92 Å². The number of hydrogen-bond acceptors (Lipinski definition) is 4. The molecule has 0 aliphatic carbocycles. The summed E-state index contributed by atoms with van der Waals surface area (Å²) in [5, 5.41) is 3.37. The molecule has 0 aromatic carbocycles. The fourth-order valence-corrected chi connectivity index (χ4v) is 1.92. The van der Waals surface area contributed by atoms with Crippen molar-refractivity contribution in [1.29, 1.82) is 0 Å². The minimum absolute atomic E-state index is 0.637. The van der Waals surface area contributed by atoms with E-state index in [2.05, 4.69) is 35.2 Å². The van der Waals surface area contributed by atoms with Crippen LogP contribution in [0.2, 0.25) is 0 Å². The van der Waals surface area contributed by atoms with Gasteiger partial charge in [-0.25, -0.2) is 0 Å². The number of hydrogen-bond donors (Lipinski definition) is 1. The topological polar surface area (TPSA) is 47.0 Å². The van der Waals surface area contributed by atoms with Crippen LogP contribution in [0.25, 0.3) is 0 Å². The highest BCUT2D eigenvalue weighted by atomic mass is 16.5. The first-order chi connectivity index (χ1) is 10.2. The molecule has 2 rings (SSSR count). The molecule has 0 saturated heterocycles. The zero-order chi connectivity index (χ0) is 14.9. The Morgan fingerprint density at radius 1 is 1.19 bits per heavy atom. The van der Waals surface area contributed by atoms with Gasteiger partial charge in [-0.05, 0) is 36.2 Å². The molecule has 0 radical (unpaired) electrons. The molecule has 0 spiro atoms. The monoisotopic (exact) mass is 285 g/mol. The molecule has 0 bridgehead atoms. The second-order valence-electron chi connectivity index (χ2n) is 5.47. The van der Waals surface area contributed by atoms with Gasteiger partial charge in [-0.3, -0.25) is 9.97 Å². The Kier molecular flexibility index (Phi) is 6.16. The molecule has 2 aromatic heterocycles. The standard InChI is InChI=1S/C17H23N3O/c1-14(2)10-19-12-16-5-6-17(13-20-16)21-9-7-15-4-3-8-18-11-15/h3-6,8,11,13-14,19H,7,9-10,12H2,1-2H3. The quantitative estimate of drug-likeness (QED) is 0.810. The fourth-order valence-electron chi connectivity index (χ4n) is 1.92. The van der Waals surface area contributed by atoms with Gasteiger partial charge in [0.25, 0.3) is 0 Å². The van der Waals surface area contributed by atoms with Gasteiger partial charge in [0.15, 0.2) is 0 Å². The van der Waals surface area contributed by atoms with E-state index in [4.69, 9.17) is 4.74 Å². The second kappa shape index (κ2) is 8.37. The van der Waals surface area contributed by atoms with Gasteiger partial charge in [-0.2, -0.15) is 0 Å². The number of rotatable bonds is 8. The Bertz CT molecular complexity index is 511. The summed E-state index contributed by atoms with van der Waals surface area (Å²) in [7, 11) is 0. The van der Waals surface area contributed by atoms with Crippen molar-refractivity contribution < 1.29 is 4.74 Å². The SMILES string of the molecule is CC(C)CNCc1ccc(OCCc2cccnc2)cn1. The molecule has 4 heteroatoms. The van der Waals surface area contributed by atoms with Crippen molar-refractivity contribution in [3.8, 4) is 5.75 Å². The van der Waals surface area contributed by atoms with Crippen molar-refractivity contribution in [2.24, 2.45) is 5.92 Å². The van der Waals surface area contributed by atoms with Crippen LogP contribution in [0.4, 0.5) is 0 Å². The summed E-state index contributed by atoms with van der Waals surface area (Å²) in [6.45, 7) is 6.83. The lowest BCUT2D eigenvalue weighted by molar-refractivity contribution is 0.320. The van der Waals surface area contributed by atoms with Gasteiger partial charge in [0, 0.05) is 25.4 Å². The number of aromatic nitrogens is 2. The number of ether oxygens (including phenoxy) is 1. The molecule has 0 aliphatic rings. The summed E-state index contributed by atoms with van der Waals surface area (Å²) in [4.78, 5) is 8.49. The fraction of sp³-hybridized carbons (Fsp3) is 0.412. The lowest BCUT2D eigenvalue weighted by Crippen LogP contribution is -2.19. The molecular formula is C17H23N3O. The maximum Gasteiger partial charge on any atom is 0.137 e. The molecule has 0 saturated carbocycles. The number of nitrogens with zero attached hydrogens (tertiary/aromatic N) is 2. The van der Waals surface area contributed by atoms with Crippen molar-refractivity contribution in [3.05, 3.63) is 54.1 Å². The van der Waals surface area contributed by atoms with Gasteiger partial charge < -0.3 is 10.1 Å². The zero-order valence-electron chi connectivity index (χ0n) is 12.7. The van der Waals surface area contributed by atoms with Crippen LogP contribution in [0.1, 0.15) is 25.1 Å². The van der Waals surface area contributed by atoms with Crippen LogP contribution in [-0.2, 0) is 13.0 Å². The molecule has 21 heavy (non-hydrogen) atoms. The van der Waals surface area contributed by atoms with E-state index in [-0.39, 0.29) is 0 Å². The molecule has 4 nitrogen and oxygen atoms in total. The highest BCUT2D eigenvalue weighted by Crippen LogP contribution is 2.10. The largest absolute Gasteiger partial charge is 0.492 e. The van der Waals surface area contributed by atoms with Gasteiger partial charge >= 0.3 is 0 Å². The van der Waals surface area contributed by atoms with E-state index in [9.17, 15) is 0 Å². The van der Waals surface area contributed by atoms with E-state index in [1.165, 1.54) is 5.56 Å². The van der Waals surface area contributed by atoms with Gasteiger partial charge in [0.2, 0.25) is 0 Å². The minimum atomic E-state index is 0.637. The Morgan fingerprint density at radius 3 is 2.76 bits per heavy atom. The molecule has 1 N–H and O–H groups in total. The predicted molar refractivity (Wildman–Crippen MR) is 84.2 cm³/mol. The maximum absolute atomic E-state index is 5.70. The second-order valence-corrected chi connectivity index (χ2v) is 5.47. The summed E-state index contributed by atoms with van der Waals surface area (Å²) < 4.78 is 5.70. The average molecular weight is 285 g/mol. The van der Waals surface area contributed by atoms with Gasteiger partial charge in [0.1, 0.15) is 5.75 Å². The van der Waals surface area contributed by atoms with Crippen molar-refractivity contribution in [2.45, 2.75) is 26.8 Å². The van der Waals surface area contributed by atoms with Gasteiger partial charge in [0.05, 0.1) is 18.5 Å². The van der Waals surface area contributed by atoms with E-state index in [0.717, 1.165) is 31.0 Å². The molecule has 0 atom stereocenters. The normalized spacial score (nSPS) is 10.8. The molecule has 112 valence electrons. The summed E-state index contributed by atoms with van der Waals surface area (Å²) in [6.07, 6.45) is 6.28. The average Bonchev–Trinajstić information content (AvgIpc) is 2.50. The van der Waals surface area contributed by atoms with Crippen molar-refractivity contribution in [2.75, 3.05) is 13.2 Å². The first kappa shape index (κ1) is 15.4. The summed E-state index contributed by atoms with van der Waals surface area (Å²) in [6, 6.07) is 7.98. The van der Waals surface area contributed by atoms with Crippen LogP contribution >= 0.6 is 0 Å². The Morgan fingerprint density at radius 2 is 2.10 bits per heavy atom. The van der Waals surface area contributed by atoms with Crippen LogP contribution in [0.5, 0.6) is 5.75 Å². The summed E-state index contributed by atoms with van der Waals surface area (Å²) >= 11 is 0. The number of nitrogens with one attached hydrogen (secondary N) is 1. The van der Waals surface area contributed by atoms with Gasteiger partial charge in [-0.15, -0.1) is 0 Å². The van der Waals surface area contributed by atoms with E-state index in [1.807, 2.05) is 24.4 Å². The Hall–Kier alpha value is -1.94. The minimum Gasteiger partial charge on any atom is -0.492 e. The summed E-state index contributed by atoms with van der Waals surface area (Å²) in [5.41, 5.74) is 2.22. The maximum atomic E-state index is 5.70. The Labute approximate surface area is 126 Å². The van der Waals surface area contributed by atoms with E-state index >= 15 is 0 Å². The molecule has 2 heterocycles. The molecule has 2 aromatic rings. The predicted octanol–water partition coefficient (Wildman–Crippen LogP) is 2.84. The third-order valence-electron chi connectivity index (χ3n) is 3.04. The zero-order valence-corrected chi connectivity index (χ0v) is 12.7. The highest BCUT2D eigenvalue weighted by molar-refractivity contribution is 5.20. The third kappa shape index (κ3) is 5.92. The molecule has 0 aliphatic heterocycles. The van der Waals surface area contributed by atoms with Crippen molar-refractivity contribution in [3.63, 3.8) is 0 Å². The number of pyridine rings is 2. The van der Waals surface area contributed by atoms with Crippen LogP contribution in [0.15, 0.2) is 42.9 Å². The smallest absolute Gasteiger partial charge is 0.137 e. The molecule has 0 amide bonds. The van der Waals surface area contributed by atoms with Gasteiger partial charge in [-0.1, -0.05) is 19.9 Å². The van der Waals surface area contributed by atoms with E-state index < -0.39 is 0 Å². The lowest BCUT2D eigenvalue weighted by Gasteiger charge is -2.08. The Balaban J connectivity index is 1.72. The van der Waals surface area contributed by atoms with E-state index in [1.54, 1.807) is 12.4 Å². The lowest BCUT2D eigenvalue weighted by atomic mass is 10.2. The van der Waals surface area contributed by atoms with Crippen LogP contribution < -0.4 is 10.1 Å². The van der Waals surface area contributed by atoms with E-state index in [0.29, 0.717) is 12.5 Å². The molecular weight excluding hydrogens is 262 g/mol. The van der Waals surface area contributed by atoms with Crippen LogP contribution in [-0.4, -0.2) is 23.1 Å². The molecule has 0 unspecified atom stereocenters. The van der Waals surface area contributed by atoms with Crippen molar-refractivity contribution >= 4 is 0 Å². The summed E-state index contributed by atoms with van der Waals surface area (Å²) in [5.74, 6) is 1.46. The third-order valence-corrected chi connectivity index (χ3v) is 3.04. The van der Waals surface area contributed by atoms with Crippen LogP contribution in [0.3, 0.4) is 0 Å². The first-order valence-electron chi connectivity index (χ1n) is 7.41. The first-order valence-corrected chi connectivity index (χ1v) is 7.41. The highest BCUT2D eigenvalue weighted by Gasteiger charge is 1.99.